The van der Waals surface area contributed by atoms with Crippen LogP contribution in [0, 0.1) is 0 Å². The molecule has 0 saturated carbocycles. The van der Waals surface area contributed by atoms with Crippen molar-refractivity contribution in [2.75, 3.05) is 13.1 Å². The molecule has 5 heteroatoms. The van der Waals surface area contributed by atoms with Crippen molar-refractivity contribution in [3.05, 3.63) is 76.2 Å². The smallest absolute Gasteiger partial charge is 0.0951 e. The molecule has 4 aromatic rings. The fourth-order valence-corrected chi connectivity index (χ4v) is 5.02. The Balaban J connectivity index is 1.30. The number of nitrogens with one attached hydrogen (secondary N) is 1. The van der Waals surface area contributed by atoms with Crippen LogP contribution in [0.5, 0.6) is 0 Å². The van der Waals surface area contributed by atoms with E-state index in [1.807, 2.05) is 18.2 Å². The SMILES string of the molecule is NC(Cc1nc(-c2ccccc2)cs1)c1ccc2[nH]c(CN3CCCC3)cc2c1. The Morgan fingerprint density at radius 3 is 2.72 bits per heavy atom. The number of aromatic amines is 1. The number of thiazole rings is 1. The van der Waals surface area contributed by atoms with Crippen molar-refractivity contribution >= 4 is 22.2 Å². The van der Waals surface area contributed by atoms with E-state index in [1.165, 1.54) is 48.1 Å². The maximum atomic E-state index is 6.55. The van der Waals surface area contributed by atoms with Crippen molar-refractivity contribution in [1.82, 2.24) is 14.9 Å². The van der Waals surface area contributed by atoms with Crippen LogP contribution in [0.4, 0.5) is 0 Å². The molecule has 0 radical (unpaired) electrons. The topological polar surface area (TPSA) is 57.9 Å². The molecule has 2 aromatic heterocycles. The zero-order valence-electron chi connectivity index (χ0n) is 16.5. The summed E-state index contributed by atoms with van der Waals surface area (Å²) in [6, 6.07) is 19.1. The minimum atomic E-state index is -0.0499. The summed E-state index contributed by atoms with van der Waals surface area (Å²) in [4.78, 5) is 10.9. The predicted molar refractivity (Wildman–Crippen MR) is 121 cm³/mol. The zero-order chi connectivity index (χ0) is 19.6. The van der Waals surface area contributed by atoms with Crippen molar-refractivity contribution < 1.29 is 0 Å². The molecule has 3 heterocycles. The number of benzene rings is 2. The fourth-order valence-electron chi connectivity index (χ4n) is 4.16. The number of fused-ring (bicyclic) bond motifs is 1. The third-order valence-electron chi connectivity index (χ3n) is 5.74. The van der Waals surface area contributed by atoms with Gasteiger partial charge in [-0.3, -0.25) is 4.90 Å². The fraction of sp³-hybridized carbons (Fsp3) is 0.292. The van der Waals surface area contributed by atoms with E-state index < -0.39 is 0 Å². The van der Waals surface area contributed by atoms with Gasteiger partial charge >= 0.3 is 0 Å². The van der Waals surface area contributed by atoms with E-state index in [1.54, 1.807) is 11.3 Å². The van der Waals surface area contributed by atoms with Gasteiger partial charge in [0.15, 0.2) is 0 Å². The Bertz CT molecular complexity index is 1090. The number of hydrogen-bond donors (Lipinski definition) is 2. The first-order chi connectivity index (χ1) is 14.2. The maximum absolute atomic E-state index is 6.55. The van der Waals surface area contributed by atoms with Gasteiger partial charge in [-0.2, -0.15) is 0 Å². The van der Waals surface area contributed by atoms with E-state index in [0.29, 0.717) is 0 Å². The van der Waals surface area contributed by atoms with Crippen molar-refractivity contribution in [3.63, 3.8) is 0 Å². The number of likely N-dealkylation sites (tertiary alicyclic amines) is 1. The third kappa shape index (κ3) is 4.13. The standard InChI is InChI=1S/C24H26N4S/c25-21(14-24-27-23(16-29-24)17-6-2-1-3-7-17)18-8-9-22-19(12-18)13-20(26-22)15-28-10-4-5-11-28/h1-3,6-9,12-13,16,21,26H,4-5,10-11,14-15,25H2. The molecule has 4 nitrogen and oxygen atoms in total. The van der Waals surface area contributed by atoms with Crippen molar-refractivity contribution in [2.45, 2.75) is 31.8 Å². The first-order valence-corrected chi connectivity index (χ1v) is 11.2. The Hall–Kier alpha value is -2.47. The van der Waals surface area contributed by atoms with Crippen molar-refractivity contribution in [2.24, 2.45) is 5.73 Å². The maximum Gasteiger partial charge on any atom is 0.0951 e. The molecule has 1 fully saturated rings. The normalized spacial score (nSPS) is 15.9. The average molecular weight is 403 g/mol. The summed E-state index contributed by atoms with van der Waals surface area (Å²) in [6.07, 6.45) is 3.40. The van der Waals surface area contributed by atoms with Crippen LogP contribution in [0.3, 0.4) is 0 Å². The van der Waals surface area contributed by atoms with Crippen LogP contribution in [0.1, 0.15) is 35.1 Å². The summed E-state index contributed by atoms with van der Waals surface area (Å²) < 4.78 is 0. The lowest BCUT2D eigenvalue weighted by Crippen LogP contribution is -2.18. The third-order valence-corrected chi connectivity index (χ3v) is 6.61. The number of nitrogens with zero attached hydrogens (tertiary/aromatic N) is 2. The van der Waals surface area contributed by atoms with Crippen LogP contribution in [0.25, 0.3) is 22.2 Å². The summed E-state index contributed by atoms with van der Waals surface area (Å²) in [6.45, 7) is 3.44. The number of H-pyrrole nitrogens is 1. The molecular formula is C24H26N4S. The minimum absolute atomic E-state index is 0.0499. The lowest BCUT2D eigenvalue weighted by Gasteiger charge is -2.12. The molecule has 1 aliphatic heterocycles. The van der Waals surface area contributed by atoms with E-state index in [4.69, 9.17) is 10.7 Å². The Kier molecular flexibility index (Phi) is 5.19. The molecule has 29 heavy (non-hydrogen) atoms. The molecule has 0 amide bonds. The number of rotatable bonds is 6. The molecule has 5 rings (SSSR count). The van der Waals surface area contributed by atoms with Gasteiger partial charge in [0.25, 0.3) is 0 Å². The molecular weight excluding hydrogens is 376 g/mol. The van der Waals surface area contributed by atoms with E-state index in [2.05, 4.69) is 51.7 Å². The highest BCUT2D eigenvalue weighted by atomic mass is 32.1. The predicted octanol–water partition coefficient (Wildman–Crippen LogP) is 5.13. The summed E-state index contributed by atoms with van der Waals surface area (Å²) in [5, 5.41) is 4.45. The van der Waals surface area contributed by atoms with Gasteiger partial charge in [-0.1, -0.05) is 36.4 Å². The van der Waals surface area contributed by atoms with Gasteiger partial charge in [0.05, 0.1) is 10.7 Å². The van der Waals surface area contributed by atoms with Gasteiger partial charge in [0, 0.05) is 46.5 Å². The highest BCUT2D eigenvalue weighted by molar-refractivity contribution is 7.09. The highest BCUT2D eigenvalue weighted by Gasteiger charge is 2.15. The number of hydrogen-bond acceptors (Lipinski definition) is 4. The summed E-state index contributed by atoms with van der Waals surface area (Å²) in [7, 11) is 0. The molecule has 0 spiro atoms. The molecule has 1 saturated heterocycles. The summed E-state index contributed by atoms with van der Waals surface area (Å²) in [5.74, 6) is 0. The Labute approximate surface area is 175 Å². The van der Waals surface area contributed by atoms with Crippen LogP contribution < -0.4 is 5.73 Å². The second-order valence-electron chi connectivity index (χ2n) is 7.93. The van der Waals surface area contributed by atoms with Gasteiger partial charge in [0.2, 0.25) is 0 Å². The van der Waals surface area contributed by atoms with Crippen molar-refractivity contribution in [1.29, 1.82) is 0 Å². The minimum Gasteiger partial charge on any atom is -0.357 e. The Morgan fingerprint density at radius 1 is 1.07 bits per heavy atom. The van der Waals surface area contributed by atoms with Crippen LogP contribution in [-0.4, -0.2) is 28.0 Å². The molecule has 1 atom stereocenters. The second kappa shape index (κ2) is 8.11. The highest BCUT2D eigenvalue weighted by Crippen LogP contribution is 2.27. The van der Waals surface area contributed by atoms with Gasteiger partial charge in [0.1, 0.15) is 0 Å². The Morgan fingerprint density at radius 2 is 1.90 bits per heavy atom. The monoisotopic (exact) mass is 402 g/mol. The van der Waals surface area contributed by atoms with E-state index in [0.717, 1.165) is 29.2 Å². The first kappa shape index (κ1) is 18.6. The van der Waals surface area contributed by atoms with E-state index in [-0.39, 0.29) is 6.04 Å². The van der Waals surface area contributed by atoms with Gasteiger partial charge < -0.3 is 10.7 Å². The summed E-state index contributed by atoms with van der Waals surface area (Å²) in [5.41, 5.74) is 12.4. The van der Waals surface area contributed by atoms with Gasteiger partial charge in [-0.05, 0) is 49.7 Å². The molecule has 0 bridgehead atoms. The quantitative estimate of drug-likeness (QED) is 0.470. The lowest BCUT2D eigenvalue weighted by atomic mass is 10.0. The molecule has 0 aliphatic carbocycles. The molecule has 148 valence electrons. The van der Waals surface area contributed by atoms with Crippen LogP contribution in [0.2, 0.25) is 0 Å². The van der Waals surface area contributed by atoms with Crippen LogP contribution >= 0.6 is 11.3 Å². The van der Waals surface area contributed by atoms with Crippen LogP contribution in [0.15, 0.2) is 60.0 Å². The van der Waals surface area contributed by atoms with Gasteiger partial charge in [-0.15, -0.1) is 11.3 Å². The van der Waals surface area contributed by atoms with Crippen LogP contribution in [-0.2, 0) is 13.0 Å². The summed E-state index contributed by atoms with van der Waals surface area (Å²) >= 11 is 1.69. The van der Waals surface area contributed by atoms with Crippen molar-refractivity contribution in [3.8, 4) is 11.3 Å². The van der Waals surface area contributed by atoms with E-state index in [9.17, 15) is 0 Å². The zero-order valence-corrected chi connectivity index (χ0v) is 17.3. The molecule has 3 N–H and O–H groups in total. The second-order valence-corrected chi connectivity index (χ2v) is 8.87. The number of nitrogens with two attached hydrogens (primary N) is 1. The number of aromatic nitrogens is 2. The largest absolute Gasteiger partial charge is 0.357 e. The first-order valence-electron chi connectivity index (χ1n) is 10.3. The molecule has 1 aliphatic rings. The average Bonchev–Trinajstić information content (AvgIpc) is 3.49. The van der Waals surface area contributed by atoms with Gasteiger partial charge in [-0.25, -0.2) is 4.98 Å². The van der Waals surface area contributed by atoms with E-state index >= 15 is 0 Å². The lowest BCUT2D eigenvalue weighted by molar-refractivity contribution is 0.328. The molecule has 2 aromatic carbocycles. The molecule has 1 unspecified atom stereocenters.